The molecule has 2 saturated heterocycles. The molecule has 0 saturated carbocycles. The Morgan fingerprint density at radius 1 is 1.45 bits per heavy atom. The van der Waals surface area contributed by atoms with Crippen LogP contribution in [0.1, 0.15) is 39.0 Å². The minimum Gasteiger partial charge on any atom is -0.368 e. The molecule has 2 aliphatic heterocycles. The first kappa shape index (κ1) is 17.5. The Hall–Kier alpha value is -0.580. The second-order valence-electron chi connectivity index (χ2n) is 5.80. The summed E-state index contributed by atoms with van der Waals surface area (Å²) < 4.78 is 5.55. The number of halogens is 1. The molecule has 2 heterocycles. The van der Waals surface area contributed by atoms with Crippen LogP contribution in [0.2, 0.25) is 0 Å². The highest BCUT2D eigenvalue weighted by molar-refractivity contribution is 5.85. The summed E-state index contributed by atoms with van der Waals surface area (Å²) in [6.45, 7) is 6.07. The maximum Gasteiger partial charge on any atom is 0.251 e. The van der Waals surface area contributed by atoms with E-state index in [-0.39, 0.29) is 24.4 Å². The zero-order chi connectivity index (χ0) is 13.8. The molecule has 116 valence electrons. The van der Waals surface area contributed by atoms with Gasteiger partial charge in [-0.15, -0.1) is 19.0 Å². The lowest BCUT2D eigenvalue weighted by atomic mass is 9.98. The van der Waals surface area contributed by atoms with Crippen molar-refractivity contribution in [2.75, 3.05) is 13.7 Å². The standard InChI is InChI=1S/C15H26N2O2.ClH/c1-4-5-8-19-11(2)15(18)17(3)14-9-12-6-7-13(10-14)16-12;/h4,11-14,16H,1,5-10H2,2-3H3;1H. The molecular formula is C15H27ClN2O2. The van der Waals surface area contributed by atoms with Gasteiger partial charge in [-0.3, -0.25) is 4.79 Å². The number of carbonyl (C=O) groups is 1. The van der Waals surface area contributed by atoms with Crippen LogP contribution in [-0.2, 0) is 9.53 Å². The van der Waals surface area contributed by atoms with E-state index in [4.69, 9.17) is 4.74 Å². The third-order valence-electron chi connectivity index (χ3n) is 4.38. The summed E-state index contributed by atoms with van der Waals surface area (Å²) in [5.41, 5.74) is 0. The van der Waals surface area contributed by atoms with Crippen molar-refractivity contribution in [3.8, 4) is 0 Å². The fourth-order valence-corrected chi connectivity index (χ4v) is 3.21. The van der Waals surface area contributed by atoms with Gasteiger partial charge in [0.2, 0.25) is 0 Å². The fourth-order valence-electron chi connectivity index (χ4n) is 3.21. The van der Waals surface area contributed by atoms with Crippen molar-refractivity contribution < 1.29 is 9.53 Å². The molecule has 2 fully saturated rings. The minimum atomic E-state index is -0.350. The van der Waals surface area contributed by atoms with Gasteiger partial charge in [0.25, 0.3) is 5.91 Å². The van der Waals surface area contributed by atoms with Crippen molar-refractivity contribution in [3.05, 3.63) is 12.7 Å². The van der Waals surface area contributed by atoms with E-state index in [2.05, 4.69) is 11.9 Å². The number of nitrogens with zero attached hydrogens (tertiary/aromatic N) is 1. The molecule has 4 nitrogen and oxygen atoms in total. The predicted molar refractivity (Wildman–Crippen MR) is 83.2 cm³/mol. The van der Waals surface area contributed by atoms with Crippen LogP contribution in [0, 0.1) is 0 Å². The predicted octanol–water partition coefficient (Wildman–Crippen LogP) is 2.13. The largest absolute Gasteiger partial charge is 0.368 e. The first-order valence-electron chi connectivity index (χ1n) is 7.37. The molecule has 1 amide bonds. The second-order valence-corrected chi connectivity index (χ2v) is 5.80. The van der Waals surface area contributed by atoms with Gasteiger partial charge in [-0.25, -0.2) is 0 Å². The van der Waals surface area contributed by atoms with E-state index < -0.39 is 0 Å². The Bertz CT molecular complexity index is 326. The Kier molecular flexibility index (Phi) is 7.00. The summed E-state index contributed by atoms with van der Waals surface area (Å²) in [4.78, 5) is 14.2. The quantitative estimate of drug-likeness (QED) is 0.604. The Morgan fingerprint density at radius 3 is 2.60 bits per heavy atom. The topological polar surface area (TPSA) is 41.6 Å². The normalized spacial score (nSPS) is 29.4. The number of piperidine rings is 1. The number of carbonyl (C=O) groups excluding carboxylic acids is 1. The van der Waals surface area contributed by atoms with Gasteiger partial charge >= 0.3 is 0 Å². The highest BCUT2D eigenvalue weighted by Gasteiger charge is 2.37. The second kappa shape index (κ2) is 8.01. The van der Waals surface area contributed by atoms with E-state index in [0.29, 0.717) is 24.7 Å². The van der Waals surface area contributed by atoms with Gasteiger partial charge < -0.3 is 15.0 Å². The number of hydrogen-bond acceptors (Lipinski definition) is 3. The van der Waals surface area contributed by atoms with Crippen molar-refractivity contribution in [2.45, 2.75) is 63.3 Å². The first-order valence-corrected chi connectivity index (χ1v) is 7.37. The smallest absolute Gasteiger partial charge is 0.251 e. The highest BCUT2D eigenvalue weighted by atomic mass is 35.5. The molecule has 0 aliphatic carbocycles. The van der Waals surface area contributed by atoms with Gasteiger partial charge in [0.05, 0.1) is 6.61 Å². The minimum absolute atomic E-state index is 0. The Labute approximate surface area is 128 Å². The highest BCUT2D eigenvalue weighted by Crippen LogP contribution is 2.29. The van der Waals surface area contributed by atoms with Crippen LogP contribution in [0.25, 0.3) is 0 Å². The molecule has 2 aliphatic rings. The average molecular weight is 303 g/mol. The van der Waals surface area contributed by atoms with Crippen LogP contribution in [-0.4, -0.2) is 48.7 Å². The van der Waals surface area contributed by atoms with E-state index in [9.17, 15) is 4.79 Å². The number of likely N-dealkylation sites (N-methyl/N-ethyl adjacent to an activating group) is 1. The molecule has 0 spiro atoms. The first-order chi connectivity index (χ1) is 9.11. The number of amides is 1. The van der Waals surface area contributed by atoms with Gasteiger partial charge in [-0.1, -0.05) is 6.08 Å². The zero-order valence-electron chi connectivity index (χ0n) is 12.5. The van der Waals surface area contributed by atoms with E-state index in [1.54, 1.807) is 0 Å². The van der Waals surface area contributed by atoms with Gasteiger partial charge in [0.15, 0.2) is 0 Å². The Balaban J connectivity index is 0.00000200. The third-order valence-corrected chi connectivity index (χ3v) is 4.38. The maximum atomic E-state index is 12.3. The maximum absolute atomic E-state index is 12.3. The van der Waals surface area contributed by atoms with Crippen molar-refractivity contribution in [1.82, 2.24) is 10.2 Å². The lowest BCUT2D eigenvalue weighted by Gasteiger charge is -2.36. The molecule has 2 bridgehead atoms. The van der Waals surface area contributed by atoms with Gasteiger partial charge in [0, 0.05) is 25.2 Å². The molecule has 3 unspecified atom stereocenters. The number of hydrogen-bond donors (Lipinski definition) is 1. The van der Waals surface area contributed by atoms with Crippen molar-refractivity contribution in [3.63, 3.8) is 0 Å². The zero-order valence-corrected chi connectivity index (χ0v) is 13.3. The third kappa shape index (κ3) is 4.21. The van der Waals surface area contributed by atoms with Crippen molar-refractivity contribution in [1.29, 1.82) is 0 Å². The van der Waals surface area contributed by atoms with Gasteiger partial charge in [-0.05, 0) is 39.0 Å². The summed E-state index contributed by atoms with van der Waals surface area (Å²) in [6, 6.07) is 1.59. The van der Waals surface area contributed by atoms with Crippen molar-refractivity contribution >= 4 is 18.3 Å². The Morgan fingerprint density at radius 2 is 2.05 bits per heavy atom. The van der Waals surface area contributed by atoms with Crippen LogP contribution in [0.3, 0.4) is 0 Å². The van der Waals surface area contributed by atoms with Crippen LogP contribution < -0.4 is 5.32 Å². The van der Waals surface area contributed by atoms with Crippen molar-refractivity contribution in [2.24, 2.45) is 0 Å². The molecule has 2 rings (SSSR count). The van der Waals surface area contributed by atoms with E-state index >= 15 is 0 Å². The van der Waals surface area contributed by atoms with E-state index in [1.165, 1.54) is 12.8 Å². The molecule has 20 heavy (non-hydrogen) atoms. The number of nitrogens with one attached hydrogen (secondary N) is 1. The van der Waals surface area contributed by atoms with Crippen LogP contribution in [0.4, 0.5) is 0 Å². The van der Waals surface area contributed by atoms with Crippen LogP contribution in [0.5, 0.6) is 0 Å². The summed E-state index contributed by atoms with van der Waals surface area (Å²) >= 11 is 0. The summed E-state index contributed by atoms with van der Waals surface area (Å²) in [6.07, 6.45) is 6.93. The molecule has 0 aromatic carbocycles. The van der Waals surface area contributed by atoms with Gasteiger partial charge in [-0.2, -0.15) is 0 Å². The molecule has 5 heteroatoms. The number of fused-ring (bicyclic) bond motifs is 2. The summed E-state index contributed by atoms with van der Waals surface area (Å²) in [5, 5.41) is 3.60. The molecule has 0 aromatic heterocycles. The van der Waals surface area contributed by atoms with E-state index in [1.807, 2.05) is 24.9 Å². The molecule has 1 N–H and O–H groups in total. The molecule has 0 aromatic rings. The summed E-state index contributed by atoms with van der Waals surface area (Å²) in [5.74, 6) is 0.107. The van der Waals surface area contributed by atoms with Crippen LogP contribution in [0.15, 0.2) is 12.7 Å². The monoisotopic (exact) mass is 302 g/mol. The molecular weight excluding hydrogens is 276 g/mol. The summed E-state index contributed by atoms with van der Waals surface area (Å²) in [7, 11) is 1.92. The lowest BCUT2D eigenvalue weighted by molar-refractivity contribution is -0.144. The lowest BCUT2D eigenvalue weighted by Crippen LogP contribution is -2.50. The number of rotatable bonds is 6. The van der Waals surface area contributed by atoms with Crippen LogP contribution >= 0.6 is 12.4 Å². The molecule has 3 atom stereocenters. The van der Waals surface area contributed by atoms with Gasteiger partial charge in [0.1, 0.15) is 6.10 Å². The number of ether oxygens (including phenoxy) is 1. The fraction of sp³-hybridized carbons (Fsp3) is 0.800. The average Bonchev–Trinajstić information content (AvgIpc) is 2.75. The molecule has 0 radical (unpaired) electrons. The SMILES string of the molecule is C=CCCOC(C)C(=O)N(C)C1CC2CCC(C1)N2.Cl. The van der Waals surface area contributed by atoms with E-state index in [0.717, 1.165) is 19.3 Å².